The van der Waals surface area contributed by atoms with Crippen LogP contribution in [0.4, 0.5) is 0 Å². The van der Waals surface area contributed by atoms with Crippen molar-refractivity contribution in [2.75, 3.05) is 25.6 Å². The largest absolute Gasteiger partial charge is 0.380 e. The molecule has 0 saturated carbocycles. The normalized spacial score (nSPS) is 40.8. The highest BCUT2D eigenvalue weighted by atomic mass is 32.2. The summed E-state index contributed by atoms with van der Waals surface area (Å²) in [4.78, 5) is 0. The van der Waals surface area contributed by atoms with E-state index in [4.69, 9.17) is 9.47 Å². The Hall–Kier alpha value is 0.270. The first kappa shape index (κ1) is 6.95. The molecule has 2 nitrogen and oxygen atoms in total. The third kappa shape index (κ3) is 1.31. The summed E-state index contributed by atoms with van der Waals surface area (Å²) >= 11 is 1.96. The third-order valence-electron chi connectivity index (χ3n) is 1.94. The van der Waals surface area contributed by atoms with Crippen molar-refractivity contribution in [3.8, 4) is 0 Å². The van der Waals surface area contributed by atoms with E-state index in [0.717, 1.165) is 26.2 Å². The van der Waals surface area contributed by atoms with Gasteiger partial charge in [-0.15, -0.1) is 0 Å². The summed E-state index contributed by atoms with van der Waals surface area (Å²) in [5.74, 6) is 1.17. The zero-order chi connectivity index (χ0) is 6.81. The molecule has 0 N–H and O–H groups in total. The van der Waals surface area contributed by atoms with Gasteiger partial charge in [-0.3, -0.25) is 0 Å². The van der Waals surface area contributed by atoms with Crippen LogP contribution in [0.5, 0.6) is 0 Å². The van der Waals surface area contributed by atoms with Crippen molar-refractivity contribution < 1.29 is 9.47 Å². The maximum atomic E-state index is 5.58. The standard InChI is InChI=1S/C7H12O2S/c1-2-8-4-7-6(5-10-7)9-3-1/h6-7H,1-5H2. The molecule has 2 fully saturated rings. The Labute approximate surface area is 65.3 Å². The Bertz CT molecular complexity index is 104. The molecule has 0 spiro atoms. The quantitative estimate of drug-likeness (QED) is 0.524. The summed E-state index contributed by atoms with van der Waals surface area (Å²) in [5.41, 5.74) is 0. The second-order valence-electron chi connectivity index (χ2n) is 2.71. The molecule has 2 atom stereocenters. The number of hydrogen-bond donors (Lipinski definition) is 0. The number of ether oxygens (including phenoxy) is 2. The van der Waals surface area contributed by atoms with Gasteiger partial charge in [-0.1, -0.05) is 0 Å². The van der Waals surface area contributed by atoms with Gasteiger partial charge in [-0.2, -0.15) is 11.8 Å². The topological polar surface area (TPSA) is 18.5 Å². The molecule has 0 aromatic carbocycles. The van der Waals surface area contributed by atoms with Gasteiger partial charge in [0.2, 0.25) is 0 Å². The number of fused-ring (bicyclic) bond motifs is 1. The van der Waals surface area contributed by atoms with Crippen LogP contribution >= 0.6 is 11.8 Å². The first-order valence-corrected chi connectivity index (χ1v) is 4.82. The molecule has 2 aliphatic heterocycles. The fourth-order valence-electron chi connectivity index (χ4n) is 1.22. The molecule has 0 bridgehead atoms. The van der Waals surface area contributed by atoms with E-state index in [9.17, 15) is 0 Å². The Balaban J connectivity index is 1.83. The first-order valence-electron chi connectivity index (χ1n) is 3.78. The average molecular weight is 160 g/mol. The fraction of sp³-hybridized carbons (Fsp3) is 1.00. The SMILES string of the molecule is C1COCC2SCC2OC1. The molecular formula is C7H12O2S. The van der Waals surface area contributed by atoms with Crippen LogP contribution in [-0.2, 0) is 9.47 Å². The van der Waals surface area contributed by atoms with Crippen LogP contribution in [0.25, 0.3) is 0 Å². The van der Waals surface area contributed by atoms with Gasteiger partial charge in [-0.05, 0) is 6.42 Å². The van der Waals surface area contributed by atoms with Gasteiger partial charge in [0.05, 0.1) is 18.0 Å². The number of hydrogen-bond acceptors (Lipinski definition) is 3. The van der Waals surface area contributed by atoms with Crippen LogP contribution in [0, 0.1) is 0 Å². The molecule has 2 unspecified atom stereocenters. The summed E-state index contributed by atoms with van der Waals surface area (Å²) < 4.78 is 11.0. The molecule has 10 heavy (non-hydrogen) atoms. The zero-order valence-corrected chi connectivity index (χ0v) is 6.73. The lowest BCUT2D eigenvalue weighted by Gasteiger charge is -2.36. The Morgan fingerprint density at radius 1 is 1.30 bits per heavy atom. The first-order chi connectivity index (χ1) is 4.97. The van der Waals surface area contributed by atoms with Crippen LogP contribution in [0.1, 0.15) is 6.42 Å². The highest BCUT2D eigenvalue weighted by molar-refractivity contribution is 8.01. The lowest BCUT2D eigenvalue weighted by Crippen LogP contribution is -2.43. The van der Waals surface area contributed by atoms with Gasteiger partial charge in [0.1, 0.15) is 0 Å². The predicted molar refractivity (Wildman–Crippen MR) is 41.4 cm³/mol. The van der Waals surface area contributed by atoms with Gasteiger partial charge in [0.15, 0.2) is 0 Å². The van der Waals surface area contributed by atoms with Gasteiger partial charge in [-0.25, -0.2) is 0 Å². The zero-order valence-electron chi connectivity index (χ0n) is 5.91. The van der Waals surface area contributed by atoms with E-state index in [1.54, 1.807) is 0 Å². The van der Waals surface area contributed by atoms with Crippen molar-refractivity contribution in [3.63, 3.8) is 0 Å². The summed E-state index contributed by atoms with van der Waals surface area (Å²) in [6.45, 7) is 2.67. The van der Waals surface area contributed by atoms with E-state index in [2.05, 4.69) is 0 Å². The summed E-state index contributed by atoms with van der Waals surface area (Å²) in [6, 6.07) is 0. The fourth-order valence-corrected chi connectivity index (χ4v) is 2.21. The molecular weight excluding hydrogens is 148 g/mol. The number of rotatable bonds is 0. The maximum Gasteiger partial charge on any atom is 0.0806 e. The van der Waals surface area contributed by atoms with Crippen molar-refractivity contribution in [3.05, 3.63) is 0 Å². The highest BCUT2D eigenvalue weighted by Gasteiger charge is 2.33. The Morgan fingerprint density at radius 3 is 3.10 bits per heavy atom. The van der Waals surface area contributed by atoms with E-state index in [1.807, 2.05) is 11.8 Å². The molecule has 0 aliphatic carbocycles. The minimum absolute atomic E-state index is 0.505. The second kappa shape index (κ2) is 3.11. The molecule has 2 saturated heterocycles. The Kier molecular flexibility index (Phi) is 2.16. The average Bonchev–Trinajstić information content (AvgIpc) is 1.89. The highest BCUT2D eigenvalue weighted by Crippen LogP contribution is 2.32. The van der Waals surface area contributed by atoms with E-state index in [-0.39, 0.29) is 0 Å². The van der Waals surface area contributed by atoms with Gasteiger partial charge in [0, 0.05) is 19.0 Å². The molecule has 2 heterocycles. The van der Waals surface area contributed by atoms with E-state index in [0.29, 0.717) is 11.4 Å². The van der Waals surface area contributed by atoms with E-state index in [1.165, 1.54) is 5.75 Å². The monoisotopic (exact) mass is 160 g/mol. The molecule has 58 valence electrons. The van der Waals surface area contributed by atoms with Crippen LogP contribution in [-0.4, -0.2) is 36.9 Å². The van der Waals surface area contributed by atoms with Crippen molar-refractivity contribution in [1.82, 2.24) is 0 Å². The minimum atomic E-state index is 0.505. The lowest BCUT2D eigenvalue weighted by atomic mass is 10.2. The molecule has 0 aromatic rings. The summed E-state index contributed by atoms with van der Waals surface area (Å²) in [7, 11) is 0. The van der Waals surface area contributed by atoms with Crippen LogP contribution in [0.2, 0.25) is 0 Å². The second-order valence-corrected chi connectivity index (χ2v) is 3.98. The van der Waals surface area contributed by atoms with E-state index < -0.39 is 0 Å². The predicted octanol–water partition coefficient (Wildman–Crippen LogP) is 0.907. The van der Waals surface area contributed by atoms with Crippen molar-refractivity contribution in [2.24, 2.45) is 0 Å². The van der Waals surface area contributed by atoms with Crippen molar-refractivity contribution in [2.45, 2.75) is 17.8 Å². The Morgan fingerprint density at radius 2 is 2.30 bits per heavy atom. The van der Waals surface area contributed by atoms with Crippen LogP contribution < -0.4 is 0 Å². The van der Waals surface area contributed by atoms with Gasteiger partial charge < -0.3 is 9.47 Å². The van der Waals surface area contributed by atoms with Gasteiger partial charge >= 0.3 is 0 Å². The molecule has 3 heteroatoms. The summed E-state index contributed by atoms with van der Waals surface area (Å²) in [5, 5.41) is 0.639. The molecule has 0 radical (unpaired) electrons. The van der Waals surface area contributed by atoms with Crippen LogP contribution in [0.3, 0.4) is 0 Å². The van der Waals surface area contributed by atoms with Crippen molar-refractivity contribution >= 4 is 11.8 Å². The van der Waals surface area contributed by atoms with Crippen molar-refractivity contribution in [1.29, 1.82) is 0 Å². The third-order valence-corrected chi connectivity index (χ3v) is 3.33. The summed E-state index contributed by atoms with van der Waals surface area (Å²) in [6.07, 6.45) is 1.57. The van der Waals surface area contributed by atoms with E-state index >= 15 is 0 Å². The molecule has 2 aliphatic rings. The molecule has 0 amide bonds. The molecule has 0 aromatic heterocycles. The van der Waals surface area contributed by atoms with Crippen LogP contribution in [0.15, 0.2) is 0 Å². The maximum absolute atomic E-state index is 5.58. The smallest absolute Gasteiger partial charge is 0.0806 e. The number of thioether (sulfide) groups is 1. The minimum Gasteiger partial charge on any atom is -0.380 e. The lowest BCUT2D eigenvalue weighted by molar-refractivity contribution is -0.00723. The molecule has 2 rings (SSSR count). The van der Waals surface area contributed by atoms with Gasteiger partial charge in [0.25, 0.3) is 0 Å².